The van der Waals surface area contributed by atoms with Crippen LogP contribution < -0.4 is 5.32 Å². The summed E-state index contributed by atoms with van der Waals surface area (Å²) in [6, 6.07) is 7.43. The molecule has 1 amide bonds. The molecule has 3 nitrogen and oxygen atoms in total. The predicted octanol–water partition coefficient (Wildman–Crippen LogP) is 1.75. The van der Waals surface area contributed by atoms with Gasteiger partial charge in [0.05, 0.1) is 12.4 Å². The minimum Gasteiger partial charge on any atom is -0.392 e. The van der Waals surface area contributed by atoms with Gasteiger partial charge in [0.15, 0.2) is 0 Å². The molecule has 4 heteroatoms. The third-order valence-electron chi connectivity index (χ3n) is 1.84. The highest BCUT2D eigenvalue weighted by molar-refractivity contribution is 7.81. The molecule has 1 aromatic carbocycles. The van der Waals surface area contributed by atoms with Crippen LogP contribution in [0.1, 0.15) is 25.0 Å². The van der Waals surface area contributed by atoms with Crippen molar-refractivity contribution in [3.8, 4) is 0 Å². The first-order valence-electron chi connectivity index (χ1n) is 5.32. The standard InChI is InChI=1S/C10H13NO2S.C2H6/c12-6-9-3-1-8(2-4-9)5-11-10(13)7-14;1-2/h1-4,12,14H,5-7H2,(H,11,13);1-2H3. The van der Waals surface area contributed by atoms with Gasteiger partial charge in [-0.3, -0.25) is 4.79 Å². The van der Waals surface area contributed by atoms with Crippen LogP contribution >= 0.6 is 12.6 Å². The van der Waals surface area contributed by atoms with E-state index in [0.717, 1.165) is 11.1 Å². The van der Waals surface area contributed by atoms with E-state index in [1.165, 1.54) is 0 Å². The highest BCUT2D eigenvalue weighted by Crippen LogP contribution is 2.03. The van der Waals surface area contributed by atoms with Crippen molar-refractivity contribution in [1.29, 1.82) is 0 Å². The average Bonchev–Trinajstić information content (AvgIpc) is 2.38. The molecule has 90 valence electrons. The highest BCUT2D eigenvalue weighted by atomic mass is 32.1. The number of rotatable bonds is 4. The van der Waals surface area contributed by atoms with Crippen LogP contribution in [-0.4, -0.2) is 16.8 Å². The van der Waals surface area contributed by atoms with Crippen molar-refractivity contribution in [3.63, 3.8) is 0 Å². The maximum atomic E-state index is 10.9. The summed E-state index contributed by atoms with van der Waals surface area (Å²) in [6.07, 6.45) is 0. The van der Waals surface area contributed by atoms with Gasteiger partial charge in [-0.1, -0.05) is 38.1 Å². The van der Waals surface area contributed by atoms with Gasteiger partial charge in [-0.15, -0.1) is 0 Å². The molecule has 16 heavy (non-hydrogen) atoms. The normalized spacial score (nSPS) is 9.00. The van der Waals surface area contributed by atoms with E-state index in [2.05, 4.69) is 17.9 Å². The third-order valence-corrected chi connectivity index (χ3v) is 2.13. The number of aliphatic hydroxyl groups excluding tert-OH is 1. The van der Waals surface area contributed by atoms with E-state index in [4.69, 9.17) is 5.11 Å². The Morgan fingerprint density at radius 2 is 1.75 bits per heavy atom. The lowest BCUT2D eigenvalue weighted by molar-refractivity contribution is -0.118. The van der Waals surface area contributed by atoms with Crippen LogP contribution in [0.25, 0.3) is 0 Å². The molecule has 0 aliphatic rings. The number of hydrogen-bond donors (Lipinski definition) is 3. The maximum Gasteiger partial charge on any atom is 0.229 e. The van der Waals surface area contributed by atoms with Gasteiger partial charge in [-0.05, 0) is 11.1 Å². The number of aliphatic hydroxyl groups is 1. The monoisotopic (exact) mass is 241 g/mol. The van der Waals surface area contributed by atoms with Crippen molar-refractivity contribution in [2.75, 3.05) is 5.75 Å². The summed E-state index contributed by atoms with van der Waals surface area (Å²) >= 11 is 3.85. The van der Waals surface area contributed by atoms with E-state index < -0.39 is 0 Å². The van der Waals surface area contributed by atoms with Crippen molar-refractivity contribution in [1.82, 2.24) is 5.32 Å². The molecule has 0 bridgehead atoms. The molecule has 0 aromatic heterocycles. The van der Waals surface area contributed by atoms with Gasteiger partial charge in [0.25, 0.3) is 0 Å². The molecular formula is C12H19NO2S. The maximum absolute atomic E-state index is 10.9. The molecule has 0 spiro atoms. The van der Waals surface area contributed by atoms with E-state index >= 15 is 0 Å². The van der Waals surface area contributed by atoms with Crippen LogP contribution in [-0.2, 0) is 17.9 Å². The van der Waals surface area contributed by atoms with Gasteiger partial charge in [0.2, 0.25) is 5.91 Å². The van der Waals surface area contributed by atoms with Crippen LogP contribution in [0, 0.1) is 0 Å². The minimum atomic E-state index is -0.0837. The van der Waals surface area contributed by atoms with Gasteiger partial charge in [0, 0.05) is 6.54 Å². The van der Waals surface area contributed by atoms with Crippen molar-refractivity contribution in [3.05, 3.63) is 35.4 Å². The van der Waals surface area contributed by atoms with Crippen molar-refractivity contribution >= 4 is 18.5 Å². The predicted molar refractivity (Wildman–Crippen MR) is 69.4 cm³/mol. The SMILES string of the molecule is CC.O=C(CS)NCc1ccc(CO)cc1. The van der Waals surface area contributed by atoms with Crippen molar-refractivity contribution < 1.29 is 9.90 Å². The van der Waals surface area contributed by atoms with E-state index in [9.17, 15) is 4.79 Å². The lowest BCUT2D eigenvalue weighted by atomic mass is 10.1. The van der Waals surface area contributed by atoms with Crippen LogP contribution in [0.3, 0.4) is 0 Å². The Bertz CT molecular complexity index is 298. The number of thiol groups is 1. The van der Waals surface area contributed by atoms with E-state index in [1.807, 2.05) is 38.1 Å². The Labute approximate surface area is 102 Å². The molecule has 0 radical (unpaired) electrons. The molecular weight excluding hydrogens is 222 g/mol. The summed E-state index contributed by atoms with van der Waals surface area (Å²) in [5, 5.41) is 11.5. The first-order chi connectivity index (χ1) is 7.76. The quantitative estimate of drug-likeness (QED) is 0.703. The van der Waals surface area contributed by atoms with Gasteiger partial charge in [-0.25, -0.2) is 0 Å². The van der Waals surface area contributed by atoms with Gasteiger partial charge in [-0.2, -0.15) is 12.6 Å². The average molecular weight is 241 g/mol. The summed E-state index contributed by atoms with van der Waals surface area (Å²) in [7, 11) is 0. The fraction of sp³-hybridized carbons (Fsp3) is 0.417. The molecule has 0 saturated heterocycles. The van der Waals surface area contributed by atoms with E-state index in [1.54, 1.807) is 0 Å². The van der Waals surface area contributed by atoms with Crippen molar-refractivity contribution in [2.24, 2.45) is 0 Å². The Morgan fingerprint density at radius 3 is 2.19 bits per heavy atom. The zero-order valence-corrected chi connectivity index (χ0v) is 10.6. The fourth-order valence-corrected chi connectivity index (χ4v) is 1.13. The molecule has 2 N–H and O–H groups in total. The third kappa shape index (κ3) is 5.78. The lowest BCUT2D eigenvalue weighted by Crippen LogP contribution is -2.23. The highest BCUT2D eigenvalue weighted by Gasteiger charge is 1.97. The lowest BCUT2D eigenvalue weighted by Gasteiger charge is -2.03. The topological polar surface area (TPSA) is 49.3 Å². The Morgan fingerprint density at radius 1 is 1.25 bits per heavy atom. The summed E-state index contributed by atoms with van der Waals surface area (Å²) in [4.78, 5) is 10.9. The molecule has 0 atom stereocenters. The number of nitrogens with one attached hydrogen (secondary N) is 1. The Hall–Kier alpha value is -1.00. The molecule has 0 saturated carbocycles. The summed E-state index contributed by atoms with van der Waals surface area (Å²) < 4.78 is 0. The molecule has 0 aliphatic carbocycles. The Balaban J connectivity index is 0.00000106. The molecule has 0 heterocycles. The van der Waals surface area contributed by atoms with Gasteiger partial charge < -0.3 is 10.4 Å². The summed E-state index contributed by atoms with van der Waals surface area (Å²) in [6.45, 7) is 4.55. The van der Waals surface area contributed by atoms with Crippen molar-refractivity contribution in [2.45, 2.75) is 27.0 Å². The zero-order chi connectivity index (χ0) is 12.4. The van der Waals surface area contributed by atoms with Gasteiger partial charge >= 0.3 is 0 Å². The summed E-state index contributed by atoms with van der Waals surface area (Å²) in [5.74, 6) is 0.119. The van der Waals surface area contributed by atoms with Gasteiger partial charge in [0.1, 0.15) is 0 Å². The molecule has 0 fully saturated rings. The molecule has 0 aliphatic heterocycles. The second kappa shape index (κ2) is 9.24. The number of carbonyl (C=O) groups excluding carboxylic acids is 1. The first kappa shape index (κ1) is 15.0. The first-order valence-corrected chi connectivity index (χ1v) is 5.95. The Kier molecular flexibility index (Phi) is 8.66. The fourth-order valence-electron chi connectivity index (χ4n) is 1.02. The van der Waals surface area contributed by atoms with E-state index in [0.29, 0.717) is 6.54 Å². The molecule has 0 unspecified atom stereocenters. The summed E-state index contributed by atoms with van der Waals surface area (Å²) in [5.41, 5.74) is 1.88. The van der Waals surface area contributed by atoms with E-state index in [-0.39, 0.29) is 18.3 Å². The second-order valence-corrected chi connectivity index (χ2v) is 3.23. The number of amides is 1. The van der Waals surface area contributed by atoms with Crippen LogP contribution in [0.2, 0.25) is 0 Å². The van der Waals surface area contributed by atoms with Crippen LogP contribution in [0.5, 0.6) is 0 Å². The number of hydrogen-bond acceptors (Lipinski definition) is 3. The largest absolute Gasteiger partial charge is 0.392 e. The van der Waals surface area contributed by atoms with Crippen LogP contribution in [0.15, 0.2) is 24.3 Å². The number of carbonyl (C=O) groups is 1. The zero-order valence-electron chi connectivity index (χ0n) is 9.73. The molecule has 1 aromatic rings. The number of benzene rings is 1. The molecule has 1 rings (SSSR count). The second-order valence-electron chi connectivity index (χ2n) is 2.91. The minimum absolute atomic E-state index is 0.0449. The van der Waals surface area contributed by atoms with Crippen LogP contribution in [0.4, 0.5) is 0 Å². The smallest absolute Gasteiger partial charge is 0.229 e.